The minimum atomic E-state index is -1.06. The SMILES string of the molecule is CC.CCOC(=O)C1CCC(OS(C)(C)C(C)(C)C)CC1. The van der Waals surface area contributed by atoms with Gasteiger partial charge in [-0.3, -0.25) is 4.79 Å². The highest BCUT2D eigenvalue weighted by molar-refractivity contribution is 8.29. The van der Waals surface area contributed by atoms with Crippen LogP contribution in [0.15, 0.2) is 0 Å². The van der Waals surface area contributed by atoms with Gasteiger partial charge in [0, 0.05) is 4.75 Å². The summed E-state index contributed by atoms with van der Waals surface area (Å²) in [6.07, 6.45) is 8.57. The lowest BCUT2D eigenvalue weighted by molar-refractivity contribution is -0.149. The standard InChI is InChI=1S/C15H30O3S.C2H6/c1-7-17-14(16)12-8-10-13(11-9-12)18-19(5,6)15(2,3)4;1-2/h12-13H,7-11H2,1-6H3;1-2H3. The van der Waals surface area contributed by atoms with Crippen molar-refractivity contribution in [2.24, 2.45) is 5.92 Å². The monoisotopic (exact) mass is 320 g/mol. The Labute approximate surface area is 133 Å². The molecule has 0 amide bonds. The van der Waals surface area contributed by atoms with Crippen LogP contribution in [0.5, 0.6) is 0 Å². The Morgan fingerprint density at radius 3 is 1.95 bits per heavy atom. The fourth-order valence-corrected chi connectivity index (χ4v) is 3.30. The van der Waals surface area contributed by atoms with Crippen LogP contribution in [0, 0.1) is 5.92 Å². The molecule has 0 spiro atoms. The van der Waals surface area contributed by atoms with Gasteiger partial charge in [-0.25, -0.2) is 0 Å². The number of carbonyl (C=O) groups excluding carboxylic acids is 1. The van der Waals surface area contributed by atoms with Crippen molar-refractivity contribution in [1.29, 1.82) is 0 Å². The molecule has 1 saturated carbocycles. The van der Waals surface area contributed by atoms with Crippen LogP contribution in [0.2, 0.25) is 0 Å². The van der Waals surface area contributed by atoms with Crippen LogP contribution in [0.25, 0.3) is 0 Å². The lowest BCUT2D eigenvalue weighted by atomic mass is 9.87. The van der Waals surface area contributed by atoms with Crippen molar-refractivity contribution in [2.75, 3.05) is 19.1 Å². The molecule has 0 aromatic heterocycles. The maximum atomic E-state index is 11.7. The van der Waals surface area contributed by atoms with Gasteiger partial charge in [0.05, 0.1) is 18.6 Å². The second kappa shape index (κ2) is 9.04. The minimum Gasteiger partial charge on any atom is -0.466 e. The molecule has 0 aromatic rings. The lowest BCUT2D eigenvalue weighted by Crippen LogP contribution is -2.32. The predicted octanol–water partition coefficient (Wildman–Crippen LogP) is 4.93. The van der Waals surface area contributed by atoms with Crippen LogP contribution in [0.3, 0.4) is 0 Å². The third-order valence-corrected chi connectivity index (χ3v) is 7.85. The summed E-state index contributed by atoms with van der Waals surface area (Å²) in [5, 5.41) is 0. The van der Waals surface area contributed by atoms with Gasteiger partial charge in [-0.05, 0) is 45.1 Å². The fraction of sp³-hybridized carbons (Fsp3) is 0.941. The van der Waals surface area contributed by atoms with E-state index in [1.165, 1.54) is 0 Å². The van der Waals surface area contributed by atoms with E-state index in [-0.39, 0.29) is 16.6 Å². The quantitative estimate of drug-likeness (QED) is 0.689. The molecule has 4 heteroatoms. The maximum absolute atomic E-state index is 11.7. The highest BCUT2D eigenvalue weighted by Crippen LogP contribution is 2.55. The lowest BCUT2D eigenvalue weighted by Gasteiger charge is -2.47. The van der Waals surface area contributed by atoms with E-state index < -0.39 is 10.3 Å². The molecule has 0 N–H and O–H groups in total. The van der Waals surface area contributed by atoms with Crippen molar-refractivity contribution < 1.29 is 13.7 Å². The van der Waals surface area contributed by atoms with E-state index in [0.717, 1.165) is 25.7 Å². The first-order valence-electron chi connectivity index (χ1n) is 8.25. The van der Waals surface area contributed by atoms with E-state index in [9.17, 15) is 4.79 Å². The Balaban J connectivity index is 0.00000191. The smallest absolute Gasteiger partial charge is 0.308 e. The van der Waals surface area contributed by atoms with Gasteiger partial charge in [0.1, 0.15) is 0 Å². The van der Waals surface area contributed by atoms with Crippen molar-refractivity contribution >= 4 is 16.3 Å². The van der Waals surface area contributed by atoms with Gasteiger partial charge >= 0.3 is 5.97 Å². The van der Waals surface area contributed by atoms with Crippen LogP contribution >= 0.6 is 10.3 Å². The number of esters is 1. The molecule has 0 aliphatic heterocycles. The summed E-state index contributed by atoms with van der Waals surface area (Å²) in [7, 11) is -1.06. The molecular formula is C17H36O3S. The number of ether oxygens (including phenoxy) is 1. The predicted molar refractivity (Wildman–Crippen MR) is 94.0 cm³/mol. The van der Waals surface area contributed by atoms with Crippen molar-refractivity contribution in [3.8, 4) is 0 Å². The maximum Gasteiger partial charge on any atom is 0.308 e. The summed E-state index contributed by atoms with van der Waals surface area (Å²) in [5.74, 6) is 0.0657. The van der Waals surface area contributed by atoms with Gasteiger partial charge in [-0.15, -0.1) is 10.3 Å². The molecule has 1 fully saturated rings. The summed E-state index contributed by atoms with van der Waals surface area (Å²) < 4.78 is 11.7. The summed E-state index contributed by atoms with van der Waals surface area (Å²) in [6.45, 7) is 13.1. The zero-order valence-electron chi connectivity index (χ0n) is 15.3. The topological polar surface area (TPSA) is 35.5 Å². The molecule has 0 bridgehead atoms. The number of rotatable bonds is 4. The molecule has 128 valence electrons. The molecule has 0 radical (unpaired) electrons. The second-order valence-corrected chi connectivity index (χ2v) is 10.6. The average molecular weight is 321 g/mol. The van der Waals surface area contributed by atoms with Gasteiger partial charge in [-0.2, -0.15) is 0 Å². The molecule has 0 unspecified atom stereocenters. The second-order valence-electron chi connectivity index (χ2n) is 6.67. The number of hydrogen-bond acceptors (Lipinski definition) is 3. The van der Waals surface area contributed by atoms with E-state index in [1.807, 2.05) is 20.8 Å². The van der Waals surface area contributed by atoms with Crippen LogP contribution in [-0.2, 0) is 13.7 Å². The van der Waals surface area contributed by atoms with Crippen LogP contribution in [-0.4, -0.2) is 35.9 Å². The average Bonchev–Trinajstić information content (AvgIpc) is 2.40. The molecule has 3 nitrogen and oxygen atoms in total. The molecule has 0 atom stereocenters. The summed E-state index contributed by atoms with van der Waals surface area (Å²) in [4.78, 5) is 11.7. The van der Waals surface area contributed by atoms with E-state index in [2.05, 4.69) is 33.3 Å². The normalized spacial score (nSPS) is 23.8. The zero-order chi connectivity index (χ0) is 16.7. The summed E-state index contributed by atoms with van der Waals surface area (Å²) >= 11 is 0. The minimum absolute atomic E-state index is 0.0246. The largest absolute Gasteiger partial charge is 0.466 e. The van der Waals surface area contributed by atoms with E-state index >= 15 is 0 Å². The Bertz CT molecular complexity index is 300. The van der Waals surface area contributed by atoms with Gasteiger partial charge in [-0.1, -0.05) is 34.6 Å². The van der Waals surface area contributed by atoms with Crippen LogP contribution in [0.1, 0.15) is 67.2 Å². The Kier molecular flexibility index (Phi) is 8.94. The van der Waals surface area contributed by atoms with Crippen molar-refractivity contribution in [1.82, 2.24) is 0 Å². The van der Waals surface area contributed by atoms with Crippen molar-refractivity contribution in [3.63, 3.8) is 0 Å². The van der Waals surface area contributed by atoms with Crippen molar-refractivity contribution in [3.05, 3.63) is 0 Å². The Hall–Kier alpha value is -0.220. The first kappa shape index (κ1) is 20.8. The third-order valence-electron chi connectivity index (χ3n) is 4.15. The van der Waals surface area contributed by atoms with Gasteiger partial charge in [0.2, 0.25) is 0 Å². The van der Waals surface area contributed by atoms with Gasteiger partial charge < -0.3 is 8.92 Å². The van der Waals surface area contributed by atoms with E-state index in [1.54, 1.807) is 0 Å². The van der Waals surface area contributed by atoms with Crippen molar-refractivity contribution in [2.45, 2.75) is 78.1 Å². The Morgan fingerprint density at radius 2 is 1.57 bits per heavy atom. The molecular weight excluding hydrogens is 284 g/mol. The van der Waals surface area contributed by atoms with Gasteiger partial charge in [0.15, 0.2) is 0 Å². The van der Waals surface area contributed by atoms with E-state index in [0.29, 0.717) is 12.7 Å². The van der Waals surface area contributed by atoms with Crippen LogP contribution < -0.4 is 0 Å². The molecule has 0 aromatic carbocycles. The van der Waals surface area contributed by atoms with E-state index in [4.69, 9.17) is 8.92 Å². The molecule has 21 heavy (non-hydrogen) atoms. The molecule has 0 heterocycles. The van der Waals surface area contributed by atoms with Crippen LogP contribution in [0.4, 0.5) is 0 Å². The first-order valence-corrected chi connectivity index (χ1v) is 10.6. The summed E-state index contributed by atoms with van der Waals surface area (Å²) in [5.41, 5.74) is 0. The Morgan fingerprint density at radius 1 is 1.10 bits per heavy atom. The zero-order valence-corrected chi connectivity index (χ0v) is 16.1. The number of hydrogen-bond donors (Lipinski definition) is 0. The summed E-state index contributed by atoms with van der Waals surface area (Å²) in [6, 6.07) is 0. The highest BCUT2D eigenvalue weighted by Gasteiger charge is 2.34. The van der Waals surface area contributed by atoms with Gasteiger partial charge in [0.25, 0.3) is 0 Å². The first-order chi connectivity index (χ1) is 9.67. The fourth-order valence-electron chi connectivity index (χ4n) is 2.14. The third kappa shape index (κ3) is 6.60. The molecule has 1 aliphatic rings. The molecule has 1 rings (SSSR count). The highest BCUT2D eigenvalue weighted by atomic mass is 32.3. The molecule has 0 saturated heterocycles. The molecule has 1 aliphatic carbocycles. The number of carbonyl (C=O) groups is 1.